The zero-order valence-corrected chi connectivity index (χ0v) is 17.2. The van der Waals surface area contributed by atoms with Crippen LogP contribution in [-0.2, 0) is 9.53 Å². The van der Waals surface area contributed by atoms with Crippen LogP contribution >= 0.6 is 23.4 Å². The van der Waals surface area contributed by atoms with Gasteiger partial charge in [0.1, 0.15) is 0 Å². The molecule has 1 unspecified atom stereocenters. The molecule has 2 aromatic carbocycles. The van der Waals surface area contributed by atoms with Crippen molar-refractivity contribution < 1.29 is 9.53 Å². The number of para-hydroxylation sites is 1. The van der Waals surface area contributed by atoms with Gasteiger partial charge in [-0.1, -0.05) is 35.5 Å². The second-order valence-corrected chi connectivity index (χ2v) is 8.14. The van der Waals surface area contributed by atoms with Crippen molar-refractivity contribution in [2.75, 3.05) is 18.9 Å². The molecule has 1 N–H and O–H groups in total. The number of nitrogens with zero attached hydrogens (tertiary/aromatic N) is 2. The van der Waals surface area contributed by atoms with E-state index in [4.69, 9.17) is 16.3 Å². The highest BCUT2D eigenvalue weighted by Crippen LogP contribution is 2.22. The van der Waals surface area contributed by atoms with Crippen LogP contribution in [0.15, 0.2) is 58.5 Å². The van der Waals surface area contributed by atoms with E-state index in [0.29, 0.717) is 33.3 Å². The predicted molar refractivity (Wildman–Crippen MR) is 115 cm³/mol. The number of fused-ring (bicyclic) bond motifs is 1. The fraction of sp³-hybridized carbons (Fsp3) is 0.286. The van der Waals surface area contributed by atoms with Crippen molar-refractivity contribution in [2.24, 2.45) is 0 Å². The fourth-order valence-corrected chi connectivity index (χ4v) is 4.21. The van der Waals surface area contributed by atoms with Crippen molar-refractivity contribution in [1.29, 1.82) is 0 Å². The van der Waals surface area contributed by atoms with Crippen LogP contribution in [0.25, 0.3) is 16.6 Å². The smallest absolute Gasteiger partial charge is 0.266 e. The number of carbonyl (C=O) groups excluding carboxylic acids is 1. The molecule has 1 atom stereocenters. The van der Waals surface area contributed by atoms with Gasteiger partial charge in [-0.15, -0.1) is 0 Å². The highest BCUT2D eigenvalue weighted by molar-refractivity contribution is 7.99. The summed E-state index contributed by atoms with van der Waals surface area (Å²) in [7, 11) is 0. The number of carbonyl (C=O) groups is 1. The maximum absolute atomic E-state index is 13.1. The molecule has 4 rings (SSSR count). The molecule has 0 saturated carbocycles. The first-order chi connectivity index (χ1) is 14.1. The minimum Gasteiger partial charge on any atom is -0.376 e. The summed E-state index contributed by atoms with van der Waals surface area (Å²) in [6, 6.07) is 14.2. The maximum Gasteiger partial charge on any atom is 0.266 e. The lowest BCUT2D eigenvalue weighted by Gasteiger charge is -2.14. The zero-order chi connectivity index (χ0) is 20.2. The van der Waals surface area contributed by atoms with Gasteiger partial charge in [0, 0.05) is 18.2 Å². The van der Waals surface area contributed by atoms with Gasteiger partial charge in [0.15, 0.2) is 5.16 Å². The van der Waals surface area contributed by atoms with Gasteiger partial charge in [0.2, 0.25) is 5.91 Å². The molecule has 1 saturated heterocycles. The number of benzene rings is 2. The Morgan fingerprint density at radius 2 is 2.03 bits per heavy atom. The lowest BCUT2D eigenvalue weighted by Crippen LogP contribution is -2.33. The largest absolute Gasteiger partial charge is 0.376 e. The van der Waals surface area contributed by atoms with E-state index < -0.39 is 0 Å². The molecule has 1 aliphatic heterocycles. The molecule has 0 aliphatic carbocycles. The number of amides is 1. The van der Waals surface area contributed by atoms with E-state index in [1.807, 2.05) is 12.1 Å². The molecule has 8 heteroatoms. The average Bonchev–Trinajstić information content (AvgIpc) is 3.25. The van der Waals surface area contributed by atoms with Gasteiger partial charge in [0.05, 0.1) is 28.4 Å². The summed E-state index contributed by atoms with van der Waals surface area (Å²) in [6.07, 6.45) is 2.09. The topological polar surface area (TPSA) is 73.2 Å². The number of rotatable bonds is 6. The molecule has 1 amide bonds. The van der Waals surface area contributed by atoms with Crippen LogP contribution in [0.3, 0.4) is 0 Å². The monoisotopic (exact) mass is 429 g/mol. The third-order valence-corrected chi connectivity index (χ3v) is 5.90. The molecular weight excluding hydrogens is 410 g/mol. The Balaban J connectivity index is 1.60. The Morgan fingerprint density at radius 3 is 2.79 bits per heavy atom. The van der Waals surface area contributed by atoms with Crippen molar-refractivity contribution in [1.82, 2.24) is 14.9 Å². The van der Waals surface area contributed by atoms with Crippen molar-refractivity contribution >= 4 is 40.2 Å². The molecule has 150 valence electrons. The number of halogens is 1. The van der Waals surface area contributed by atoms with Crippen molar-refractivity contribution in [3.05, 3.63) is 63.9 Å². The number of ether oxygens (including phenoxy) is 1. The fourth-order valence-electron chi connectivity index (χ4n) is 3.24. The number of thioether (sulfide) groups is 1. The van der Waals surface area contributed by atoms with Gasteiger partial charge in [-0.3, -0.25) is 14.2 Å². The van der Waals surface area contributed by atoms with Crippen LogP contribution in [0.1, 0.15) is 12.8 Å². The van der Waals surface area contributed by atoms with Gasteiger partial charge in [-0.05, 0) is 49.2 Å². The second kappa shape index (κ2) is 8.98. The number of hydrogen-bond donors (Lipinski definition) is 1. The maximum atomic E-state index is 13.1. The summed E-state index contributed by atoms with van der Waals surface area (Å²) >= 11 is 7.23. The summed E-state index contributed by atoms with van der Waals surface area (Å²) in [4.78, 5) is 30.1. The van der Waals surface area contributed by atoms with E-state index in [0.717, 1.165) is 19.4 Å². The van der Waals surface area contributed by atoms with Crippen LogP contribution < -0.4 is 10.9 Å². The van der Waals surface area contributed by atoms with E-state index in [1.54, 1.807) is 36.4 Å². The summed E-state index contributed by atoms with van der Waals surface area (Å²) in [5, 5.41) is 4.46. The summed E-state index contributed by atoms with van der Waals surface area (Å²) in [6.45, 7) is 1.26. The van der Waals surface area contributed by atoms with E-state index in [-0.39, 0.29) is 23.3 Å². The average molecular weight is 430 g/mol. The minimum atomic E-state index is -0.180. The summed E-state index contributed by atoms with van der Waals surface area (Å²) < 4.78 is 7.05. The Labute approximate surface area is 177 Å². The number of nitrogens with one attached hydrogen (secondary N) is 1. The highest BCUT2D eigenvalue weighted by Gasteiger charge is 2.18. The molecular formula is C21H20ClN3O3S. The predicted octanol–water partition coefficient (Wildman–Crippen LogP) is 3.43. The molecule has 1 aliphatic rings. The van der Waals surface area contributed by atoms with Gasteiger partial charge >= 0.3 is 0 Å². The number of hydrogen-bond acceptors (Lipinski definition) is 5. The van der Waals surface area contributed by atoms with E-state index in [2.05, 4.69) is 10.3 Å². The normalized spacial score (nSPS) is 16.2. The molecule has 0 spiro atoms. The van der Waals surface area contributed by atoms with Crippen LogP contribution in [0.2, 0.25) is 5.02 Å². The van der Waals surface area contributed by atoms with Crippen LogP contribution in [0, 0.1) is 0 Å². The van der Waals surface area contributed by atoms with Crippen LogP contribution in [0.4, 0.5) is 0 Å². The minimum absolute atomic E-state index is 0.0926. The molecule has 29 heavy (non-hydrogen) atoms. The van der Waals surface area contributed by atoms with Crippen molar-refractivity contribution in [3.63, 3.8) is 0 Å². The third-order valence-electron chi connectivity index (χ3n) is 4.71. The lowest BCUT2D eigenvalue weighted by atomic mass is 10.2. The van der Waals surface area contributed by atoms with Crippen LogP contribution in [-0.4, -0.2) is 40.5 Å². The molecule has 3 aromatic rings. The molecule has 0 radical (unpaired) electrons. The Kier molecular flexibility index (Phi) is 6.18. The second-order valence-electron chi connectivity index (χ2n) is 6.76. The van der Waals surface area contributed by atoms with Crippen molar-refractivity contribution in [2.45, 2.75) is 24.1 Å². The molecule has 2 heterocycles. The standard InChI is InChI=1S/C21H20ClN3O3S/c22-14-7-9-15(10-8-14)25-20(27)17-5-1-2-6-18(17)24-21(25)29-13-19(26)23-12-16-4-3-11-28-16/h1-2,5-10,16H,3-4,11-13H2,(H,23,26). The molecule has 0 bridgehead atoms. The zero-order valence-electron chi connectivity index (χ0n) is 15.6. The van der Waals surface area contributed by atoms with Gasteiger partial charge in [0.25, 0.3) is 5.56 Å². The lowest BCUT2D eigenvalue weighted by molar-refractivity contribution is -0.119. The van der Waals surface area contributed by atoms with Gasteiger partial charge in [-0.2, -0.15) is 0 Å². The summed E-state index contributed by atoms with van der Waals surface area (Å²) in [5.41, 5.74) is 1.07. The quantitative estimate of drug-likeness (QED) is 0.480. The first-order valence-corrected chi connectivity index (χ1v) is 10.8. The third kappa shape index (κ3) is 4.63. The Bertz CT molecular complexity index is 1080. The Hall–Kier alpha value is -2.35. The first-order valence-electron chi connectivity index (χ1n) is 9.40. The highest BCUT2D eigenvalue weighted by atomic mass is 35.5. The Morgan fingerprint density at radius 1 is 1.24 bits per heavy atom. The van der Waals surface area contributed by atoms with E-state index in [1.165, 1.54) is 16.3 Å². The van der Waals surface area contributed by atoms with Gasteiger partial charge < -0.3 is 10.1 Å². The van der Waals surface area contributed by atoms with E-state index >= 15 is 0 Å². The first kappa shape index (κ1) is 19.9. The summed E-state index contributed by atoms with van der Waals surface area (Å²) in [5.74, 6) is 0.0426. The van der Waals surface area contributed by atoms with Crippen LogP contribution in [0.5, 0.6) is 0 Å². The molecule has 1 aromatic heterocycles. The molecule has 6 nitrogen and oxygen atoms in total. The van der Waals surface area contributed by atoms with Crippen molar-refractivity contribution in [3.8, 4) is 5.69 Å². The molecule has 1 fully saturated rings. The SMILES string of the molecule is O=C(CSc1nc2ccccc2c(=O)n1-c1ccc(Cl)cc1)NCC1CCCO1. The number of aromatic nitrogens is 2. The van der Waals surface area contributed by atoms with E-state index in [9.17, 15) is 9.59 Å². The van der Waals surface area contributed by atoms with Gasteiger partial charge in [-0.25, -0.2) is 4.98 Å².